The van der Waals surface area contributed by atoms with Gasteiger partial charge in [0.25, 0.3) is 5.91 Å². The SMILES string of the molecule is CS[C@@H](CO)[C@H](C)NC(=O)c1ccc2c(c1)[nH]c(=O)n2C1CCCC1. The molecule has 3 N–H and O–H groups in total. The molecule has 1 heterocycles. The second kappa shape index (κ2) is 7.66. The lowest BCUT2D eigenvalue weighted by Gasteiger charge is -2.21. The molecule has 0 unspecified atom stereocenters. The number of rotatable bonds is 6. The zero-order chi connectivity index (χ0) is 18.0. The molecule has 1 aromatic heterocycles. The van der Waals surface area contributed by atoms with Gasteiger partial charge in [-0.2, -0.15) is 11.8 Å². The summed E-state index contributed by atoms with van der Waals surface area (Å²) in [5.41, 5.74) is 1.96. The number of carbonyl (C=O) groups excluding carboxylic acids is 1. The van der Waals surface area contributed by atoms with Crippen molar-refractivity contribution in [2.24, 2.45) is 0 Å². The second-order valence-electron chi connectivity index (χ2n) is 6.69. The lowest BCUT2D eigenvalue weighted by Crippen LogP contribution is -2.41. The number of nitrogens with one attached hydrogen (secondary N) is 2. The number of aromatic nitrogens is 2. The molecule has 7 heteroatoms. The van der Waals surface area contributed by atoms with Gasteiger partial charge in [-0.05, 0) is 44.2 Å². The average Bonchev–Trinajstić information content (AvgIpc) is 3.21. The Morgan fingerprint density at radius 2 is 2.16 bits per heavy atom. The molecule has 1 aliphatic rings. The first-order chi connectivity index (χ1) is 12.0. The Hall–Kier alpha value is -1.73. The van der Waals surface area contributed by atoms with Crippen LogP contribution < -0.4 is 11.0 Å². The lowest BCUT2D eigenvalue weighted by atomic mass is 10.1. The van der Waals surface area contributed by atoms with Crippen molar-refractivity contribution in [1.82, 2.24) is 14.9 Å². The van der Waals surface area contributed by atoms with Gasteiger partial charge in [-0.15, -0.1) is 0 Å². The first kappa shape index (κ1) is 18.1. The highest BCUT2D eigenvalue weighted by Gasteiger charge is 2.22. The molecule has 2 aromatic rings. The Morgan fingerprint density at radius 1 is 1.44 bits per heavy atom. The van der Waals surface area contributed by atoms with E-state index in [4.69, 9.17) is 0 Å². The van der Waals surface area contributed by atoms with Crippen LogP contribution in [0.3, 0.4) is 0 Å². The Morgan fingerprint density at radius 3 is 2.80 bits per heavy atom. The van der Waals surface area contributed by atoms with Crippen LogP contribution in [0, 0.1) is 0 Å². The zero-order valence-electron chi connectivity index (χ0n) is 14.6. The van der Waals surface area contributed by atoms with E-state index in [1.54, 1.807) is 12.1 Å². The Balaban J connectivity index is 1.84. The van der Waals surface area contributed by atoms with E-state index in [1.165, 1.54) is 11.8 Å². The minimum Gasteiger partial charge on any atom is -0.395 e. The van der Waals surface area contributed by atoms with E-state index >= 15 is 0 Å². The number of aliphatic hydroxyl groups is 1. The predicted octanol–water partition coefficient (Wildman–Crippen LogP) is 2.29. The maximum atomic E-state index is 12.5. The van der Waals surface area contributed by atoms with E-state index in [2.05, 4.69) is 10.3 Å². The van der Waals surface area contributed by atoms with Crippen molar-refractivity contribution in [1.29, 1.82) is 0 Å². The number of nitrogens with zero attached hydrogens (tertiary/aromatic N) is 1. The molecule has 1 amide bonds. The molecule has 136 valence electrons. The predicted molar refractivity (Wildman–Crippen MR) is 101 cm³/mol. The summed E-state index contributed by atoms with van der Waals surface area (Å²) in [4.78, 5) is 27.7. The summed E-state index contributed by atoms with van der Waals surface area (Å²) in [5.74, 6) is -0.198. The number of thioether (sulfide) groups is 1. The Kier molecular flexibility index (Phi) is 5.54. The molecule has 1 aliphatic carbocycles. The van der Waals surface area contributed by atoms with E-state index in [1.807, 2.05) is 23.8 Å². The zero-order valence-corrected chi connectivity index (χ0v) is 15.4. The number of H-pyrrole nitrogens is 1. The van der Waals surface area contributed by atoms with Gasteiger partial charge >= 0.3 is 5.69 Å². The van der Waals surface area contributed by atoms with Crippen LogP contribution in [-0.2, 0) is 0 Å². The van der Waals surface area contributed by atoms with Crippen molar-refractivity contribution in [3.63, 3.8) is 0 Å². The number of benzene rings is 1. The maximum Gasteiger partial charge on any atom is 0.326 e. The minimum atomic E-state index is -0.198. The summed E-state index contributed by atoms with van der Waals surface area (Å²) < 4.78 is 1.84. The maximum absolute atomic E-state index is 12.5. The summed E-state index contributed by atoms with van der Waals surface area (Å²) in [6.07, 6.45) is 6.28. The molecule has 0 aliphatic heterocycles. The first-order valence-corrected chi connectivity index (χ1v) is 10.0. The average molecular weight is 363 g/mol. The van der Waals surface area contributed by atoms with E-state index < -0.39 is 0 Å². The molecule has 1 fully saturated rings. The summed E-state index contributed by atoms with van der Waals surface area (Å²) in [6.45, 7) is 1.89. The van der Waals surface area contributed by atoms with Gasteiger partial charge in [-0.3, -0.25) is 9.36 Å². The van der Waals surface area contributed by atoms with Gasteiger partial charge in [0.1, 0.15) is 0 Å². The molecule has 0 spiro atoms. The molecular weight excluding hydrogens is 338 g/mol. The number of hydrogen-bond donors (Lipinski definition) is 3. The van der Waals surface area contributed by atoms with Gasteiger partial charge < -0.3 is 15.4 Å². The number of imidazole rings is 1. The van der Waals surface area contributed by atoms with Crippen LogP contribution in [-0.4, -0.2) is 44.7 Å². The van der Waals surface area contributed by atoms with Gasteiger partial charge in [-0.25, -0.2) is 4.79 Å². The van der Waals surface area contributed by atoms with Gasteiger partial charge in [-0.1, -0.05) is 12.8 Å². The van der Waals surface area contributed by atoms with Crippen LogP contribution in [0.25, 0.3) is 11.0 Å². The molecule has 2 atom stereocenters. The molecule has 25 heavy (non-hydrogen) atoms. The number of amides is 1. The summed E-state index contributed by atoms with van der Waals surface area (Å²) in [5, 5.41) is 12.2. The summed E-state index contributed by atoms with van der Waals surface area (Å²) in [7, 11) is 0. The minimum absolute atomic E-state index is 0.0131. The number of aliphatic hydroxyl groups excluding tert-OH is 1. The normalized spacial score (nSPS) is 17.7. The van der Waals surface area contributed by atoms with Crippen LogP contribution in [0.2, 0.25) is 0 Å². The summed E-state index contributed by atoms with van der Waals surface area (Å²) >= 11 is 1.52. The third-order valence-electron chi connectivity index (χ3n) is 5.07. The Labute approximate surface area is 151 Å². The van der Waals surface area contributed by atoms with Crippen molar-refractivity contribution in [2.45, 2.75) is 49.9 Å². The van der Waals surface area contributed by atoms with Crippen LogP contribution in [0.1, 0.15) is 49.0 Å². The number of hydrogen-bond acceptors (Lipinski definition) is 4. The molecule has 6 nitrogen and oxygen atoms in total. The fraction of sp³-hybridized carbons (Fsp3) is 0.556. The molecule has 1 saturated carbocycles. The van der Waals surface area contributed by atoms with Crippen molar-refractivity contribution in [3.8, 4) is 0 Å². The number of fused-ring (bicyclic) bond motifs is 1. The van der Waals surface area contributed by atoms with Crippen LogP contribution >= 0.6 is 11.8 Å². The fourth-order valence-electron chi connectivity index (χ4n) is 3.62. The molecule has 1 aromatic carbocycles. The highest BCUT2D eigenvalue weighted by molar-refractivity contribution is 7.99. The van der Waals surface area contributed by atoms with E-state index in [0.29, 0.717) is 11.1 Å². The quantitative estimate of drug-likeness (QED) is 0.735. The lowest BCUT2D eigenvalue weighted by molar-refractivity contribution is 0.0936. The van der Waals surface area contributed by atoms with Crippen molar-refractivity contribution in [2.75, 3.05) is 12.9 Å². The number of carbonyl (C=O) groups is 1. The fourth-order valence-corrected chi connectivity index (χ4v) is 4.24. The van der Waals surface area contributed by atoms with Crippen molar-refractivity contribution >= 4 is 28.7 Å². The highest BCUT2D eigenvalue weighted by atomic mass is 32.2. The van der Waals surface area contributed by atoms with Gasteiger partial charge in [0.15, 0.2) is 0 Å². The Bertz CT molecular complexity index is 803. The summed E-state index contributed by atoms with van der Waals surface area (Å²) in [6, 6.07) is 5.45. The topological polar surface area (TPSA) is 87.1 Å². The highest BCUT2D eigenvalue weighted by Crippen LogP contribution is 2.30. The monoisotopic (exact) mass is 363 g/mol. The van der Waals surface area contributed by atoms with E-state index in [0.717, 1.165) is 31.2 Å². The molecule has 0 radical (unpaired) electrons. The molecule has 0 bridgehead atoms. The van der Waals surface area contributed by atoms with Crippen LogP contribution in [0.4, 0.5) is 0 Å². The molecule has 0 saturated heterocycles. The van der Waals surface area contributed by atoms with Gasteiger partial charge in [0, 0.05) is 22.9 Å². The third-order valence-corrected chi connectivity index (χ3v) is 6.23. The van der Waals surface area contributed by atoms with Gasteiger partial charge in [0.05, 0.1) is 17.6 Å². The van der Waals surface area contributed by atoms with Gasteiger partial charge in [0.2, 0.25) is 0 Å². The molecular formula is C18H25N3O3S. The molecule has 3 rings (SSSR count). The van der Waals surface area contributed by atoms with Crippen LogP contribution in [0.15, 0.2) is 23.0 Å². The van der Waals surface area contributed by atoms with Crippen molar-refractivity contribution in [3.05, 3.63) is 34.2 Å². The smallest absolute Gasteiger partial charge is 0.326 e. The third kappa shape index (κ3) is 3.62. The number of aromatic amines is 1. The van der Waals surface area contributed by atoms with Crippen LogP contribution in [0.5, 0.6) is 0 Å². The van der Waals surface area contributed by atoms with Crippen molar-refractivity contribution < 1.29 is 9.90 Å². The second-order valence-corrected chi connectivity index (χ2v) is 7.77. The van der Waals surface area contributed by atoms with E-state index in [9.17, 15) is 14.7 Å². The largest absolute Gasteiger partial charge is 0.395 e. The van der Waals surface area contributed by atoms with E-state index in [-0.39, 0.29) is 35.5 Å². The first-order valence-electron chi connectivity index (χ1n) is 8.74. The standard InChI is InChI=1S/C18H25N3O3S/c1-11(16(10-22)25-2)19-17(23)12-7-8-15-14(9-12)20-18(24)21(15)13-5-3-4-6-13/h7-9,11,13,16,22H,3-6,10H2,1-2H3,(H,19,23)(H,20,24)/t11-,16-/m0/s1.